The Morgan fingerprint density at radius 1 is 1.12 bits per heavy atom. The standard InChI is InChI=1S/C19H19Cl2N3O2/c1-2-24-19(26-16-11-14(20)10-15(21)12-16)17(18(23-24)5-8-25)9-13-3-6-22-7-4-13/h3-4,6-7,10-12,25H,2,5,8-9H2,1H3. The van der Waals surface area contributed by atoms with Crippen LogP contribution in [0.2, 0.25) is 10.0 Å². The number of benzene rings is 1. The molecule has 0 spiro atoms. The maximum atomic E-state index is 9.41. The largest absolute Gasteiger partial charge is 0.439 e. The number of rotatable bonds is 7. The van der Waals surface area contributed by atoms with E-state index in [9.17, 15) is 5.11 Å². The molecule has 0 unspecified atom stereocenters. The van der Waals surface area contributed by atoms with Gasteiger partial charge in [-0.25, -0.2) is 4.68 Å². The smallest absolute Gasteiger partial charge is 0.221 e. The number of hydrogen-bond donors (Lipinski definition) is 1. The monoisotopic (exact) mass is 391 g/mol. The van der Waals surface area contributed by atoms with Gasteiger partial charge in [0.1, 0.15) is 5.75 Å². The maximum Gasteiger partial charge on any atom is 0.221 e. The van der Waals surface area contributed by atoms with Crippen molar-refractivity contribution < 1.29 is 9.84 Å². The van der Waals surface area contributed by atoms with Crippen molar-refractivity contribution in [2.24, 2.45) is 0 Å². The van der Waals surface area contributed by atoms with Crippen LogP contribution in [0.4, 0.5) is 0 Å². The quantitative estimate of drug-likeness (QED) is 0.642. The fourth-order valence-corrected chi connectivity index (χ4v) is 3.25. The lowest BCUT2D eigenvalue weighted by molar-refractivity contribution is 0.297. The van der Waals surface area contributed by atoms with Gasteiger partial charge < -0.3 is 9.84 Å². The van der Waals surface area contributed by atoms with Crippen LogP contribution in [0.5, 0.6) is 11.6 Å². The highest BCUT2D eigenvalue weighted by Crippen LogP contribution is 2.33. The van der Waals surface area contributed by atoms with Gasteiger partial charge in [0.05, 0.1) is 5.69 Å². The minimum atomic E-state index is 0.0203. The molecule has 2 aromatic heterocycles. The first-order valence-corrected chi connectivity index (χ1v) is 9.08. The predicted octanol–water partition coefficient (Wildman–Crippen LogP) is 4.52. The molecule has 0 fully saturated rings. The molecule has 26 heavy (non-hydrogen) atoms. The van der Waals surface area contributed by atoms with Crippen molar-refractivity contribution in [3.63, 3.8) is 0 Å². The zero-order valence-corrected chi connectivity index (χ0v) is 15.8. The molecule has 0 saturated heterocycles. The number of hydrogen-bond acceptors (Lipinski definition) is 4. The van der Waals surface area contributed by atoms with Gasteiger partial charge in [0.25, 0.3) is 0 Å². The van der Waals surface area contributed by atoms with E-state index in [1.807, 2.05) is 19.1 Å². The van der Waals surface area contributed by atoms with Crippen LogP contribution in [-0.4, -0.2) is 26.5 Å². The molecule has 2 heterocycles. The zero-order chi connectivity index (χ0) is 18.5. The SMILES string of the molecule is CCn1nc(CCO)c(Cc2ccncc2)c1Oc1cc(Cl)cc(Cl)c1. The number of aryl methyl sites for hydroxylation is 1. The van der Waals surface area contributed by atoms with Crippen molar-refractivity contribution in [1.29, 1.82) is 0 Å². The highest BCUT2D eigenvalue weighted by atomic mass is 35.5. The van der Waals surface area contributed by atoms with Gasteiger partial charge in [-0.15, -0.1) is 0 Å². The van der Waals surface area contributed by atoms with Gasteiger partial charge in [0.15, 0.2) is 0 Å². The Morgan fingerprint density at radius 2 is 1.81 bits per heavy atom. The molecular formula is C19H19Cl2N3O2. The van der Waals surface area contributed by atoms with Crippen molar-refractivity contribution in [3.05, 3.63) is 69.6 Å². The van der Waals surface area contributed by atoms with Crippen LogP contribution in [0.1, 0.15) is 23.7 Å². The van der Waals surface area contributed by atoms with E-state index in [-0.39, 0.29) is 6.61 Å². The Bertz CT molecular complexity index is 862. The number of aliphatic hydroxyl groups is 1. The lowest BCUT2D eigenvalue weighted by Gasteiger charge is -2.11. The molecule has 3 aromatic rings. The van der Waals surface area contributed by atoms with Gasteiger partial charge in [-0.05, 0) is 42.8 Å². The molecule has 0 saturated carbocycles. The number of aliphatic hydroxyl groups excluding tert-OH is 1. The third-order valence-corrected chi connectivity index (χ3v) is 4.35. The molecule has 1 aromatic carbocycles. The summed E-state index contributed by atoms with van der Waals surface area (Å²) in [5.41, 5.74) is 2.83. The number of pyridine rings is 1. The molecule has 3 rings (SSSR count). The molecule has 7 heteroatoms. The van der Waals surface area contributed by atoms with Crippen LogP contribution < -0.4 is 4.74 Å². The number of ether oxygens (including phenoxy) is 1. The van der Waals surface area contributed by atoms with E-state index in [1.54, 1.807) is 35.3 Å². The summed E-state index contributed by atoms with van der Waals surface area (Å²) in [5.74, 6) is 1.18. The van der Waals surface area contributed by atoms with E-state index in [0.717, 1.165) is 16.8 Å². The van der Waals surface area contributed by atoms with Crippen molar-refractivity contribution in [1.82, 2.24) is 14.8 Å². The van der Waals surface area contributed by atoms with Crippen molar-refractivity contribution in [2.75, 3.05) is 6.61 Å². The highest BCUT2D eigenvalue weighted by molar-refractivity contribution is 6.34. The van der Waals surface area contributed by atoms with E-state index in [1.165, 1.54) is 0 Å². The van der Waals surface area contributed by atoms with Crippen LogP contribution in [0, 0.1) is 0 Å². The normalized spacial score (nSPS) is 10.9. The fraction of sp³-hybridized carbons (Fsp3) is 0.263. The van der Waals surface area contributed by atoms with E-state index >= 15 is 0 Å². The molecule has 0 atom stereocenters. The number of aromatic nitrogens is 3. The molecule has 5 nitrogen and oxygen atoms in total. The third kappa shape index (κ3) is 4.36. The summed E-state index contributed by atoms with van der Waals surface area (Å²) in [4.78, 5) is 4.06. The average Bonchev–Trinajstić information content (AvgIpc) is 2.92. The van der Waals surface area contributed by atoms with Crippen LogP contribution in [0.3, 0.4) is 0 Å². The highest BCUT2D eigenvalue weighted by Gasteiger charge is 2.20. The van der Waals surface area contributed by atoms with Gasteiger partial charge in [-0.1, -0.05) is 23.2 Å². The fourth-order valence-electron chi connectivity index (χ4n) is 2.75. The van der Waals surface area contributed by atoms with Crippen LogP contribution in [0.15, 0.2) is 42.7 Å². The van der Waals surface area contributed by atoms with Gasteiger partial charge in [-0.3, -0.25) is 4.98 Å². The van der Waals surface area contributed by atoms with Crippen LogP contribution >= 0.6 is 23.2 Å². The topological polar surface area (TPSA) is 60.2 Å². The second-order valence-electron chi connectivity index (χ2n) is 5.76. The molecule has 0 aliphatic rings. The third-order valence-electron chi connectivity index (χ3n) is 3.91. The van der Waals surface area contributed by atoms with Gasteiger partial charge >= 0.3 is 0 Å². The lowest BCUT2D eigenvalue weighted by atomic mass is 10.0. The lowest BCUT2D eigenvalue weighted by Crippen LogP contribution is -2.01. The van der Waals surface area contributed by atoms with Crippen LogP contribution in [-0.2, 0) is 19.4 Å². The van der Waals surface area contributed by atoms with Crippen molar-refractivity contribution >= 4 is 23.2 Å². The summed E-state index contributed by atoms with van der Waals surface area (Å²) < 4.78 is 7.91. The first kappa shape index (κ1) is 18.7. The minimum Gasteiger partial charge on any atom is -0.439 e. The summed E-state index contributed by atoms with van der Waals surface area (Å²) in [6.45, 7) is 2.65. The maximum absolute atomic E-state index is 9.41. The minimum absolute atomic E-state index is 0.0203. The van der Waals surface area contributed by atoms with Gasteiger partial charge in [0, 0.05) is 54.0 Å². The second-order valence-corrected chi connectivity index (χ2v) is 6.63. The van der Waals surface area contributed by atoms with E-state index in [4.69, 9.17) is 27.9 Å². The Labute approximate surface area is 162 Å². The number of nitrogens with zero attached hydrogens (tertiary/aromatic N) is 3. The van der Waals surface area contributed by atoms with E-state index in [0.29, 0.717) is 41.1 Å². The summed E-state index contributed by atoms with van der Waals surface area (Å²) in [6.07, 6.45) is 4.59. The van der Waals surface area contributed by atoms with Crippen molar-refractivity contribution in [3.8, 4) is 11.6 Å². The molecular weight excluding hydrogens is 373 g/mol. The average molecular weight is 392 g/mol. The first-order chi connectivity index (χ1) is 12.6. The van der Waals surface area contributed by atoms with Crippen molar-refractivity contribution in [2.45, 2.75) is 26.3 Å². The van der Waals surface area contributed by atoms with E-state index < -0.39 is 0 Å². The Hall–Kier alpha value is -2.08. The molecule has 0 radical (unpaired) electrons. The predicted molar refractivity (Wildman–Crippen MR) is 102 cm³/mol. The molecule has 0 bridgehead atoms. The van der Waals surface area contributed by atoms with Gasteiger partial charge in [0.2, 0.25) is 5.88 Å². The molecule has 0 aliphatic carbocycles. The molecule has 0 amide bonds. The van der Waals surface area contributed by atoms with E-state index in [2.05, 4.69) is 10.1 Å². The zero-order valence-electron chi connectivity index (χ0n) is 14.3. The molecule has 0 aliphatic heterocycles. The molecule has 1 N–H and O–H groups in total. The van der Waals surface area contributed by atoms with Gasteiger partial charge in [-0.2, -0.15) is 5.10 Å². The summed E-state index contributed by atoms with van der Waals surface area (Å²) >= 11 is 12.2. The number of halogens is 2. The Balaban J connectivity index is 2.03. The van der Waals surface area contributed by atoms with Crippen LogP contribution in [0.25, 0.3) is 0 Å². The first-order valence-electron chi connectivity index (χ1n) is 8.33. The summed E-state index contributed by atoms with van der Waals surface area (Å²) in [5, 5.41) is 15.0. The Morgan fingerprint density at radius 3 is 2.42 bits per heavy atom. The summed E-state index contributed by atoms with van der Waals surface area (Å²) in [7, 11) is 0. The second kappa shape index (κ2) is 8.54. The molecule has 136 valence electrons. The summed E-state index contributed by atoms with van der Waals surface area (Å²) in [6, 6.07) is 8.98. The Kier molecular flexibility index (Phi) is 6.14.